The number of hydrogen-bond acceptors (Lipinski definition) is 5. The highest BCUT2D eigenvalue weighted by Gasteiger charge is 2.47. The van der Waals surface area contributed by atoms with E-state index < -0.39 is 0 Å². The van der Waals surface area contributed by atoms with Gasteiger partial charge in [-0.25, -0.2) is 4.79 Å². The summed E-state index contributed by atoms with van der Waals surface area (Å²) in [5.41, 5.74) is 1.22. The van der Waals surface area contributed by atoms with Crippen molar-refractivity contribution in [1.82, 2.24) is 0 Å². The van der Waals surface area contributed by atoms with Gasteiger partial charge in [-0.05, 0) is 37.8 Å². The van der Waals surface area contributed by atoms with Crippen LogP contribution in [0.2, 0.25) is 0 Å². The predicted octanol–water partition coefficient (Wildman–Crippen LogP) is 3.52. The van der Waals surface area contributed by atoms with Crippen molar-refractivity contribution in [2.24, 2.45) is 4.99 Å². The van der Waals surface area contributed by atoms with Crippen LogP contribution in [0.15, 0.2) is 35.3 Å². The third-order valence-corrected chi connectivity index (χ3v) is 5.48. The predicted molar refractivity (Wildman–Crippen MR) is 93.8 cm³/mol. The minimum Gasteiger partial charge on any atom is -0.456 e. The molecule has 4 rings (SSSR count). The van der Waals surface area contributed by atoms with E-state index in [1.165, 1.54) is 19.3 Å². The van der Waals surface area contributed by atoms with Crippen molar-refractivity contribution in [3.63, 3.8) is 0 Å². The van der Waals surface area contributed by atoms with Crippen LogP contribution in [0, 0.1) is 0 Å². The highest BCUT2D eigenvalue weighted by Crippen LogP contribution is 2.40. The number of nitrogens with zero attached hydrogens (tertiary/aromatic N) is 1. The van der Waals surface area contributed by atoms with Crippen LogP contribution < -0.4 is 0 Å². The van der Waals surface area contributed by atoms with Crippen LogP contribution in [-0.4, -0.2) is 42.8 Å². The fourth-order valence-electron chi connectivity index (χ4n) is 3.94. The second-order valence-electron chi connectivity index (χ2n) is 7.39. The maximum Gasteiger partial charge on any atom is 0.338 e. The van der Waals surface area contributed by atoms with Gasteiger partial charge in [0.25, 0.3) is 0 Å². The first kappa shape index (κ1) is 16.7. The Labute approximate surface area is 148 Å². The standard InChI is InChI=1S/C20H25NO4/c22-18(16-7-3-1-4-8-16)23-13-17-9-12-19(21-17)14-24-20(25-15-19)10-5-2-6-11-20/h1,3-4,7-8H,2,5-6,9-15H2. The van der Waals surface area contributed by atoms with Gasteiger partial charge in [0.05, 0.1) is 24.5 Å². The average Bonchev–Trinajstić information content (AvgIpc) is 3.07. The molecule has 0 amide bonds. The molecule has 0 N–H and O–H groups in total. The minimum atomic E-state index is -0.360. The van der Waals surface area contributed by atoms with E-state index in [2.05, 4.69) is 0 Å². The van der Waals surface area contributed by atoms with Gasteiger partial charge >= 0.3 is 5.97 Å². The highest BCUT2D eigenvalue weighted by atomic mass is 16.7. The highest BCUT2D eigenvalue weighted by molar-refractivity contribution is 5.93. The topological polar surface area (TPSA) is 57.1 Å². The molecule has 2 heterocycles. The minimum absolute atomic E-state index is 0.251. The van der Waals surface area contributed by atoms with E-state index in [0.717, 1.165) is 31.4 Å². The molecule has 0 radical (unpaired) electrons. The van der Waals surface area contributed by atoms with Crippen LogP contribution in [0.5, 0.6) is 0 Å². The maximum absolute atomic E-state index is 12.0. The Kier molecular flexibility index (Phi) is 4.61. The van der Waals surface area contributed by atoms with Crippen LogP contribution in [0.1, 0.15) is 55.3 Å². The summed E-state index contributed by atoms with van der Waals surface area (Å²) in [7, 11) is 0. The summed E-state index contributed by atoms with van der Waals surface area (Å²) in [6.45, 7) is 1.48. The lowest BCUT2D eigenvalue weighted by atomic mass is 9.91. The largest absolute Gasteiger partial charge is 0.456 e. The van der Waals surface area contributed by atoms with E-state index in [0.29, 0.717) is 18.8 Å². The van der Waals surface area contributed by atoms with Crippen LogP contribution in [0.3, 0.4) is 0 Å². The molecule has 1 aliphatic carbocycles. The first-order valence-corrected chi connectivity index (χ1v) is 9.27. The summed E-state index contributed by atoms with van der Waals surface area (Å²) < 4.78 is 17.7. The normalized spacial score (nSPS) is 24.2. The van der Waals surface area contributed by atoms with E-state index in [-0.39, 0.29) is 23.9 Å². The molecule has 0 aromatic heterocycles. The van der Waals surface area contributed by atoms with Gasteiger partial charge in [0.2, 0.25) is 0 Å². The monoisotopic (exact) mass is 343 g/mol. The molecule has 1 saturated heterocycles. The summed E-state index contributed by atoms with van der Waals surface area (Å²) in [4.78, 5) is 16.9. The number of carbonyl (C=O) groups excluding carboxylic acids is 1. The third kappa shape index (κ3) is 3.62. The number of hydrogen-bond donors (Lipinski definition) is 0. The Morgan fingerprint density at radius 1 is 1.04 bits per heavy atom. The Hall–Kier alpha value is -1.72. The first-order chi connectivity index (χ1) is 12.2. The van der Waals surface area contributed by atoms with Gasteiger partial charge < -0.3 is 14.2 Å². The molecule has 0 atom stereocenters. The van der Waals surface area contributed by atoms with Crippen molar-refractivity contribution in [2.75, 3.05) is 19.8 Å². The summed E-state index contributed by atoms with van der Waals surface area (Å²) >= 11 is 0. The van der Waals surface area contributed by atoms with Crippen LogP contribution in [0.25, 0.3) is 0 Å². The molecule has 2 fully saturated rings. The molecule has 1 saturated carbocycles. The SMILES string of the molecule is O=C(OCC1=NC2(CC1)COC1(CCCCC1)OC2)c1ccccc1. The second-order valence-corrected chi connectivity index (χ2v) is 7.39. The lowest BCUT2D eigenvalue weighted by Crippen LogP contribution is -2.52. The summed E-state index contributed by atoms with van der Waals surface area (Å²) in [5, 5.41) is 0. The fourth-order valence-corrected chi connectivity index (χ4v) is 3.94. The number of aliphatic imine (C=N–C) groups is 1. The molecule has 134 valence electrons. The van der Waals surface area contributed by atoms with Gasteiger partial charge in [-0.2, -0.15) is 0 Å². The number of benzene rings is 1. The number of carbonyl (C=O) groups is 1. The summed E-state index contributed by atoms with van der Waals surface area (Å²) in [6.07, 6.45) is 7.36. The number of rotatable bonds is 3. The molecule has 0 unspecified atom stereocenters. The summed E-state index contributed by atoms with van der Waals surface area (Å²) in [5.74, 6) is -0.664. The summed E-state index contributed by atoms with van der Waals surface area (Å²) in [6, 6.07) is 9.05. The van der Waals surface area contributed by atoms with Crippen molar-refractivity contribution in [1.29, 1.82) is 0 Å². The quantitative estimate of drug-likeness (QED) is 0.788. The lowest BCUT2D eigenvalue weighted by Gasteiger charge is -2.45. The molecule has 3 aliphatic rings. The molecular formula is C20H25NO4. The van der Waals surface area contributed by atoms with Crippen molar-refractivity contribution in [3.8, 4) is 0 Å². The smallest absolute Gasteiger partial charge is 0.338 e. The van der Waals surface area contributed by atoms with Crippen molar-refractivity contribution in [2.45, 2.75) is 56.3 Å². The van der Waals surface area contributed by atoms with E-state index in [1.54, 1.807) is 12.1 Å². The molecule has 1 aromatic carbocycles. The molecule has 0 bridgehead atoms. The van der Waals surface area contributed by atoms with Crippen LogP contribution in [-0.2, 0) is 14.2 Å². The molecule has 1 aromatic rings. The van der Waals surface area contributed by atoms with E-state index in [4.69, 9.17) is 19.2 Å². The molecule has 2 aliphatic heterocycles. The van der Waals surface area contributed by atoms with Gasteiger partial charge in [0, 0.05) is 12.8 Å². The van der Waals surface area contributed by atoms with Gasteiger partial charge in [-0.15, -0.1) is 0 Å². The molecule has 5 heteroatoms. The Morgan fingerprint density at radius 2 is 1.76 bits per heavy atom. The van der Waals surface area contributed by atoms with E-state index >= 15 is 0 Å². The van der Waals surface area contributed by atoms with Crippen LogP contribution >= 0.6 is 0 Å². The zero-order valence-corrected chi connectivity index (χ0v) is 14.5. The van der Waals surface area contributed by atoms with Gasteiger partial charge in [0.1, 0.15) is 12.1 Å². The van der Waals surface area contributed by atoms with E-state index in [9.17, 15) is 4.79 Å². The second kappa shape index (κ2) is 6.89. The van der Waals surface area contributed by atoms with Gasteiger partial charge in [0.15, 0.2) is 5.79 Å². The molecule has 2 spiro atoms. The Bertz CT molecular complexity index is 639. The Balaban J connectivity index is 1.32. The molecule has 25 heavy (non-hydrogen) atoms. The average molecular weight is 343 g/mol. The van der Waals surface area contributed by atoms with Gasteiger partial charge in [-0.3, -0.25) is 4.99 Å². The van der Waals surface area contributed by atoms with Crippen molar-refractivity contribution in [3.05, 3.63) is 35.9 Å². The van der Waals surface area contributed by atoms with Crippen molar-refractivity contribution < 1.29 is 19.0 Å². The lowest BCUT2D eigenvalue weighted by molar-refractivity contribution is -0.298. The zero-order valence-electron chi connectivity index (χ0n) is 14.5. The first-order valence-electron chi connectivity index (χ1n) is 9.27. The van der Waals surface area contributed by atoms with Gasteiger partial charge in [-0.1, -0.05) is 24.6 Å². The Morgan fingerprint density at radius 3 is 2.48 bits per heavy atom. The maximum atomic E-state index is 12.0. The molecular weight excluding hydrogens is 318 g/mol. The zero-order chi connectivity index (χ0) is 17.2. The fraction of sp³-hybridized carbons (Fsp3) is 0.600. The van der Waals surface area contributed by atoms with Crippen LogP contribution in [0.4, 0.5) is 0 Å². The third-order valence-electron chi connectivity index (χ3n) is 5.48. The molecule has 5 nitrogen and oxygen atoms in total. The number of ether oxygens (including phenoxy) is 3. The number of esters is 1. The van der Waals surface area contributed by atoms with Crippen molar-refractivity contribution >= 4 is 11.7 Å². The van der Waals surface area contributed by atoms with E-state index in [1.807, 2.05) is 18.2 Å².